The highest BCUT2D eigenvalue weighted by molar-refractivity contribution is 7.89. The predicted octanol–water partition coefficient (Wildman–Crippen LogP) is 2.73. The van der Waals surface area contributed by atoms with Gasteiger partial charge in [-0.15, -0.1) is 0 Å². The van der Waals surface area contributed by atoms with Crippen molar-refractivity contribution in [2.24, 2.45) is 10.9 Å². The summed E-state index contributed by atoms with van der Waals surface area (Å²) in [6.07, 6.45) is 1.46. The molecule has 6 nitrogen and oxygen atoms in total. The van der Waals surface area contributed by atoms with Crippen molar-refractivity contribution in [2.75, 3.05) is 26.7 Å². The number of halogens is 2. The van der Waals surface area contributed by atoms with Gasteiger partial charge in [0.25, 0.3) is 0 Å². The number of hydrogen-bond acceptors (Lipinski definition) is 3. The average molecular weight is 437 g/mol. The number of nitrogens with one attached hydrogen (secondary N) is 2. The first-order chi connectivity index (χ1) is 14.4. The Morgan fingerprint density at radius 1 is 1.10 bits per heavy atom. The zero-order valence-corrected chi connectivity index (χ0v) is 17.6. The molecule has 3 rings (SSSR count). The van der Waals surface area contributed by atoms with E-state index >= 15 is 0 Å². The minimum absolute atomic E-state index is 0.108. The molecule has 1 aliphatic rings. The predicted molar refractivity (Wildman–Crippen MR) is 112 cm³/mol. The lowest BCUT2D eigenvalue weighted by molar-refractivity contribution is 0.273. The van der Waals surface area contributed by atoms with E-state index in [0.717, 1.165) is 31.0 Å². The molecular formula is C21H26F2N4O2S. The first kappa shape index (κ1) is 22.2. The van der Waals surface area contributed by atoms with Gasteiger partial charge in [0.1, 0.15) is 11.6 Å². The zero-order chi connectivity index (χ0) is 21.6. The van der Waals surface area contributed by atoms with E-state index in [1.807, 2.05) is 0 Å². The van der Waals surface area contributed by atoms with E-state index in [1.54, 1.807) is 37.4 Å². The van der Waals surface area contributed by atoms with E-state index in [0.29, 0.717) is 30.5 Å². The first-order valence-electron chi connectivity index (χ1n) is 9.84. The number of hydrogen-bond donors (Lipinski definition) is 2. The van der Waals surface area contributed by atoms with Crippen LogP contribution >= 0.6 is 0 Å². The fraction of sp³-hybridized carbons (Fsp3) is 0.381. The van der Waals surface area contributed by atoms with Gasteiger partial charge in [-0.3, -0.25) is 4.99 Å². The number of guanidine groups is 1. The van der Waals surface area contributed by atoms with Gasteiger partial charge in [0.15, 0.2) is 5.96 Å². The molecule has 1 saturated heterocycles. The summed E-state index contributed by atoms with van der Waals surface area (Å²) in [4.78, 5) is 4.42. The van der Waals surface area contributed by atoms with E-state index in [2.05, 4.69) is 15.6 Å². The summed E-state index contributed by atoms with van der Waals surface area (Å²) in [6, 6.07) is 11.8. The number of piperidine rings is 1. The van der Waals surface area contributed by atoms with Gasteiger partial charge in [-0.25, -0.2) is 17.2 Å². The highest BCUT2D eigenvalue weighted by atomic mass is 32.2. The molecule has 0 amide bonds. The summed E-state index contributed by atoms with van der Waals surface area (Å²) >= 11 is 0. The summed E-state index contributed by atoms with van der Waals surface area (Å²) in [7, 11) is -1.85. The van der Waals surface area contributed by atoms with Gasteiger partial charge in [0.2, 0.25) is 10.0 Å². The van der Waals surface area contributed by atoms with Crippen LogP contribution in [0.25, 0.3) is 0 Å². The van der Waals surface area contributed by atoms with Crippen molar-refractivity contribution in [1.82, 2.24) is 14.9 Å². The van der Waals surface area contributed by atoms with E-state index in [-0.39, 0.29) is 18.0 Å². The quantitative estimate of drug-likeness (QED) is 0.540. The molecule has 162 valence electrons. The van der Waals surface area contributed by atoms with Crippen LogP contribution in [0.4, 0.5) is 8.78 Å². The molecule has 2 aromatic carbocycles. The van der Waals surface area contributed by atoms with E-state index in [1.165, 1.54) is 4.31 Å². The normalized spacial score (nSPS) is 16.4. The second kappa shape index (κ2) is 9.99. The lowest BCUT2D eigenvalue weighted by Crippen LogP contribution is -2.44. The van der Waals surface area contributed by atoms with Crippen LogP contribution < -0.4 is 10.6 Å². The topological polar surface area (TPSA) is 73.8 Å². The summed E-state index contributed by atoms with van der Waals surface area (Å²) in [5, 5.41) is 6.16. The second-order valence-corrected chi connectivity index (χ2v) is 9.14. The average Bonchev–Trinajstić information content (AvgIpc) is 2.77. The molecule has 0 atom stereocenters. The third-order valence-corrected chi connectivity index (χ3v) is 7.10. The molecule has 1 heterocycles. The van der Waals surface area contributed by atoms with E-state index < -0.39 is 21.7 Å². The minimum Gasteiger partial charge on any atom is -0.356 e. The molecule has 0 aliphatic carbocycles. The molecule has 0 bridgehead atoms. The summed E-state index contributed by atoms with van der Waals surface area (Å²) in [5.41, 5.74) is 0.220. The van der Waals surface area contributed by atoms with Gasteiger partial charge in [-0.2, -0.15) is 4.31 Å². The second-order valence-electron chi connectivity index (χ2n) is 7.20. The zero-order valence-electron chi connectivity index (χ0n) is 16.8. The smallest absolute Gasteiger partial charge is 0.243 e. The number of rotatable bonds is 6. The Hall–Kier alpha value is -2.52. The molecular weight excluding hydrogens is 410 g/mol. The maximum Gasteiger partial charge on any atom is 0.243 e. The summed E-state index contributed by atoms with van der Waals surface area (Å²) < 4.78 is 53.9. The van der Waals surface area contributed by atoms with Crippen LogP contribution in [0.5, 0.6) is 0 Å². The van der Waals surface area contributed by atoms with Crippen molar-refractivity contribution in [1.29, 1.82) is 0 Å². The van der Waals surface area contributed by atoms with Crippen molar-refractivity contribution in [3.05, 3.63) is 65.7 Å². The Morgan fingerprint density at radius 2 is 1.80 bits per heavy atom. The maximum atomic E-state index is 13.7. The number of sulfonamides is 1. The SMILES string of the molecule is CN=C(NCc1cc(F)ccc1F)NCC1CCN(S(=O)(=O)c2ccccc2)CC1. The molecule has 0 unspecified atom stereocenters. The number of benzene rings is 2. The van der Waals surface area contributed by atoms with Gasteiger partial charge in [-0.1, -0.05) is 18.2 Å². The molecule has 30 heavy (non-hydrogen) atoms. The van der Waals surface area contributed by atoms with Gasteiger partial charge in [0.05, 0.1) is 4.90 Å². The lowest BCUT2D eigenvalue weighted by atomic mass is 9.98. The van der Waals surface area contributed by atoms with Crippen molar-refractivity contribution in [2.45, 2.75) is 24.3 Å². The third-order valence-electron chi connectivity index (χ3n) is 5.19. The Morgan fingerprint density at radius 3 is 2.47 bits per heavy atom. The molecule has 0 radical (unpaired) electrons. The highest BCUT2D eigenvalue weighted by Gasteiger charge is 2.29. The number of aliphatic imine (C=N–C) groups is 1. The molecule has 1 aliphatic heterocycles. The van der Waals surface area contributed by atoms with Crippen LogP contribution in [0.1, 0.15) is 18.4 Å². The fourth-order valence-corrected chi connectivity index (χ4v) is 4.91. The molecule has 2 N–H and O–H groups in total. The Labute approximate surface area is 176 Å². The lowest BCUT2D eigenvalue weighted by Gasteiger charge is -2.31. The van der Waals surface area contributed by atoms with E-state index in [9.17, 15) is 17.2 Å². The number of nitrogens with zero attached hydrogens (tertiary/aromatic N) is 2. The van der Waals surface area contributed by atoms with Crippen LogP contribution in [0.15, 0.2) is 58.4 Å². The largest absolute Gasteiger partial charge is 0.356 e. The molecule has 0 aromatic heterocycles. The van der Waals surface area contributed by atoms with Crippen molar-refractivity contribution >= 4 is 16.0 Å². The van der Waals surface area contributed by atoms with Crippen LogP contribution in [-0.2, 0) is 16.6 Å². The molecule has 2 aromatic rings. The highest BCUT2D eigenvalue weighted by Crippen LogP contribution is 2.23. The van der Waals surface area contributed by atoms with Crippen LogP contribution in [-0.4, -0.2) is 45.4 Å². The molecule has 0 spiro atoms. The fourth-order valence-electron chi connectivity index (χ4n) is 3.41. The first-order valence-corrected chi connectivity index (χ1v) is 11.3. The van der Waals surface area contributed by atoms with Crippen molar-refractivity contribution in [3.8, 4) is 0 Å². The standard InChI is InChI=1S/C21H26F2N4O2S/c1-24-21(26-15-17-13-18(22)7-8-20(17)23)25-14-16-9-11-27(12-10-16)30(28,29)19-5-3-2-4-6-19/h2-8,13,16H,9-12,14-15H2,1H3,(H2,24,25,26). The maximum absolute atomic E-state index is 13.7. The molecule has 0 saturated carbocycles. The van der Waals surface area contributed by atoms with Gasteiger partial charge < -0.3 is 10.6 Å². The summed E-state index contributed by atoms with van der Waals surface area (Å²) in [5.74, 6) is -0.200. The van der Waals surface area contributed by atoms with Gasteiger partial charge in [0, 0.05) is 38.8 Å². The molecule has 1 fully saturated rings. The van der Waals surface area contributed by atoms with Gasteiger partial charge in [-0.05, 0) is 49.1 Å². The van der Waals surface area contributed by atoms with Crippen LogP contribution in [0.3, 0.4) is 0 Å². The van der Waals surface area contributed by atoms with Crippen molar-refractivity contribution < 1.29 is 17.2 Å². The minimum atomic E-state index is -3.46. The van der Waals surface area contributed by atoms with Gasteiger partial charge >= 0.3 is 0 Å². The van der Waals surface area contributed by atoms with Crippen molar-refractivity contribution in [3.63, 3.8) is 0 Å². The van der Waals surface area contributed by atoms with Crippen LogP contribution in [0.2, 0.25) is 0 Å². The third kappa shape index (κ3) is 5.54. The Balaban J connectivity index is 1.47. The molecule has 9 heteroatoms. The monoisotopic (exact) mass is 436 g/mol. The van der Waals surface area contributed by atoms with Crippen LogP contribution in [0, 0.1) is 17.6 Å². The Kier molecular flexibility index (Phi) is 7.38. The Bertz CT molecular complexity index is 976. The summed E-state index contributed by atoms with van der Waals surface area (Å²) in [6.45, 7) is 1.65. The van der Waals surface area contributed by atoms with E-state index in [4.69, 9.17) is 0 Å².